The van der Waals surface area contributed by atoms with Crippen molar-refractivity contribution < 1.29 is 28.2 Å². The Morgan fingerprint density at radius 2 is 1.67 bits per heavy atom. The number of aliphatic carboxylic acids is 1. The van der Waals surface area contributed by atoms with Crippen LogP contribution in [0.2, 0.25) is 0 Å². The molecule has 1 aliphatic carbocycles. The number of ether oxygens (including phenoxy) is 1. The summed E-state index contributed by atoms with van der Waals surface area (Å²) in [5, 5.41) is 29.1. The first-order valence-corrected chi connectivity index (χ1v) is 13.2. The van der Waals surface area contributed by atoms with Gasteiger partial charge in [0.1, 0.15) is 28.2 Å². The highest BCUT2D eigenvalue weighted by Gasteiger charge is 2.24. The van der Waals surface area contributed by atoms with Crippen LogP contribution in [0.15, 0.2) is 70.5 Å². The molecule has 4 aromatic rings. The van der Waals surface area contributed by atoms with E-state index in [1.807, 2.05) is 0 Å². The number of phenols is 1. The Morgan fingerprint density at radius 3 is 2.39 bits per heavy atom. The highest BCUT2D eigenvalue weighted by molar-refractivity contribution is 7.91. The van der Waals surface area contributed by atoms with Gasteiger partial charge in [-0.25, -0.2) is 13.2 Å². The molecule has 0 radical (unpaired) electrons. The minimum atomic E-state index is -3.74. The summed E-state index contributed by atoms with van der Waals surface area (Å²) < 4.78 is 31.5. The number of fused-ring (bicyclic) bond motifs is 1. The Hall–Kier alpha value is -3.92. The standard InChI is InChI=1S/C26H25N3O6S/c30-25(31)16-35-18-13-21(17-7-3-1-4-8-17)26(32)24(14-18)29-27-22-12-11-20(15-23(22)28-29)36(33,34)19-9-5-2-6-10-19/h2,5-6,9-15,17,32H,1,3-4,7-8,16H2,(H,30,31). The molecular weight excluding hydrogens is 482 g/mol. The second-order valence-corrected chi connectivity index (χ2v) is 10.8. The van der Waals surface area contributed by atoms with Crippen LogP contribution in [-0.4, -0.2) is 46.2 Å². The molecule has 9 nitrogen and oxygen atoms in total. The molecule has 0 atom stereocenters. The van der Waals surface area contributed by atoms with E-state index in [1.54, 1.807) is 30.3 Å². The van der Waals surface area contributed by atoms with Crippen LogP contribution >= 0.6 is 0 Å². The molecular formula is C26H25N3O6S. The number of carboxylic acid groups (broad SMARTS) is 1. The van der Waals surface area contributed by atoms with Crippen LogP contribution in [0, 0.1) is 0 Å². The smallest absolute Gasteiger partial charge is 0.341 e. The number of sulfone groups is 1. The monoisotopic (exact) mass is 507 g/mol. The number of phenolic OH excluding ortho intramolecular Hbond substituents is 1. The molecule has 0 bridgehead atoms. The average molecular weight is 508 g/mol. The molecule has 36 heavy (non-hydrogen) atoms. The first-order chi connectivity index (χ1) is 17.3. The summed E-state index contributed by atoms with van der Waals surface area (Å²) in [5.74, 6) is -0.709. The van der Waals surface area contributed by atoms with Crippen molar-refractivity contribution in [2.45, 2.75) is 47.8 Å². The molecule has 2 N–H and O–H groups in total. The van der Waals surface area contributed by atoms with Gasteiger partial charge in [0.25, 0.3) is 0 Å². The Kier molecular flexibility index (Phi) is 6.36. The predicted molar refractivity (Wildman–Crippen MR) is 131 cm³/mol. The number of rotatable bonds is 7. The van der Waals surface area contributed by atoms with Crippen molar-refractivity contribution >= 4 is 26.8 Å². The van der Waals surface area contributed by atoms with Gasteiger partial charge in [-0.1, -0.05) is 37.5 Å². The van der Waals surface area contributed by atoms with Gasteiger partial charge in [0.2, 0.25) is 9.84 Å². The largest absolute Gasteiger partial charge is 0.505 e. The summed E-state index contributed by atoms with van der Waals surface area (Å²) >= 11 is 0. The molecule has 5 rings (SSSR count). The van der Waals surface area contributed by atoms with Gasteiger partial charge in [-0.2, -0.15) is 0 Å². The summed E-state index contributed by atoms with van der Waals surface area (Å²) in [4.78, 5) is 12.6. The molecule has 0 spiro atoms. The number of hydrogen-bond acceptors (Lipinski definition) is 7. The molecule has 0 saturated heterocycles. The number of benzene rings is 3. The van der Waals surface area contributed by atoms with Crippen molar-refractivity contribution in [1.82, 2.24) is 15.0 Å². The van der Waals surface area contributed by atoms with Crippen molar-refractivity contribution in [3.05, 3.63) is 66.2 Å². The molecule has 0 unspecified atom stereocenters. The van der Waals surface area contributed by atoms with Crippen molar-refractivity contribution in [2.75, 3.05) is 6.61 Å². The number of nitrogens with zero attached hydrogens (tertiary/aromatic N) is 3. The van der Waals surface area contributed by atoms with E-state index < -0.39 is 22.4 Å². The fourth-order valence-corrected chi connectivity index (χ4v) is 5.93. The Morgan fingerprint density at radius 1 is 0.944 bits per heavy atom. The summed E-state index contributed by atoms with van der Waals surface area (Å²) in [6, 6.07) is 15.8. The van der Waals surface area contributed by atoms with Crippen LogP contribution < -0.4 is 4.74 Å². The van der Waals surface area contributed by atoms with Gasteiger partial charge in [0, 0.05) is 11.6 Å². The summed E-state index contributed by atoms with van der Waals surface area (Å²) in [6.45, 7) is -0.524. The third kappa shape index (κ3) is 4.64. The van der Waals surface area contributed by atoms with Gasteiger partial charge in [-0.05, 0) is 55.2 Å². The minimum absolute atomic E-state index is 0.00186. The van der Waals surface area contributed by atoms with Crippen molar-refractivity contribution in [3.8, 4) is 17.2 Å². The van der Waals surface area contributed by atoms with Crippen LogP contribution in [0.25, 0.3) is 16.7 Å². The van der Waals surface area contributed by atoms with E-state index in [-0.39, 0.29) is 27.1 Å². The number of aromatic hydroxyl groups is 1. The number of hydrogen-bond donors (Lipinski definition) is 2. The quantitative estimate of drug-likeness (QED) is 0.375. The van der Waals surface area contributed by atoms with Crippen molar-refractivity contribution in [1.29, 1.82) is 0 Å². The molecule has 3 aromatic carbocycles. The van der Waals surface area contributed by atoms with E-state index >= 15 is 0 Å². The van der Waals surface area contributed by atoms with Crippen LogP contribution in [0.5, 0.6) is 11.5 Å². The average Bonchev–Trinajstić information content (AvgIpc) is 3.32. The van der Waals surface area contributed by atoms with Crippen LogP contribution in [0.1, 0.15) is 43.6 Å². The number of aromatic nitrogens is 3. The van der Waals surface area contributed by atoms with E-state index in [9.17, 15) is 18.3 Å². The van der Waals surface area contributed by atoms with Crippen molar-refractivity contribution in [3.63, 3.8) is 0 Å². The Labute approximate surface area is 207 Å². The lowest BCUT2D eigenvalue weighted by Gasteiger charge is -2.24. The first kappa shape index (κ1) is 23.8. The molecule has 1 heterocycles. The van der Waals surface area contributed by atoms with Crippen LogP contribution in [0.4, 0.5) is 0 Å². The van der Waals surface area contributed by atoms with Gasteiger partial charge >= 0.3 is 5.97 Å². The third-order valence-corrected chi connectivity index (χ3v) is 8.20. The van der Waals surface area contributed by atoms with Crippen molar-refractivity contribution in [2.24, 2.45) is 0 Å². The number of carboxylic acids is 1. The molecule has 0 aliphatic heterocycles. The third-order valence-electron chi connectivity index (χ3n) is 6.43. The fourth-order valence-electron chi connectivity index (χ4n) is 4.62. The predicted octanol–water partition coefficient (Wildman–Crippen LogP) is 4.47. The second kappa shape index (κ2) is 9.62. The second-order valence-electron chi connectivity index (χ2n) is 8.85. The van der Waals surface area contributed by atoms with Gasteiger partial charge < -0.3 is 14.9 Å². The molecule has 1 fully saturated rings. The zero-order valence-corrected chi connectivity index (χ0v) is 20.2. The molecule has 186 valence electrons. The van der Waals surface area contributed by atoms with E-state index in [4.69, 9.17) is 9.84 Å². The minimum Gasteiger partial charge on any atom is -0.505 e. The SMILES string of the molecule is O=C(O)COc1cc(C2CCCCC2)c(O)c(-n2nc3ccc(S(=O)(=O)c4ccccc4)cc3n2)c1. The summed E-state index contributed by atoms with van der Waals surface area (Å²) in [6.07, 6.45) is 5.04. The molecule has 1 aromatic heterocycles. The van der Waals surface area contributed by atoms with Gasteiger partial charge in [0.05, 0.1) is 9.79 Å². The van der Waals surface area contributed by atoms with Crippen LogP contribution in [-0.2, 0) is 14.6 Å². The highest BCUT2D eigenvalue weighted by Crippen LogP contribution is 2.42. The maximum absolute atomic E-state index is 13.0. The molecule has 10 heteroatoms. The van der Waals surface area contributed by atoms with Gasteiger partial charge in [-0.3, -0.25) is 0 Å². The topological polar surface area (TPSA) is 132 Å². The van der Waals surface area contributed by atoms with E-state index in [1.165, 1.54) is 35.1 Å². The van der Waals surface area contributed by atoms with E-state index in [0.29, 0.717) is 22.3 Å². The molecule has 1 saturated carbocycles. The first-order valence-electron chi connectivity index (χ1n) is 11.7. The summed E-state index contributed by atoms with van der Waals surface area (Å²) in [7, 11) is -3.74. The maximum atomic E-state index is 13.0. The maximum Gasteiger partial charge on any atom is 0.341 e. The van der Waals surface area contributed by atoms with Crippen LogP contribution in [0.3, 0.4) is 0 Å². The fraction of sp³-hybridized carbons (Fsp3) is 0.269. The molecule has 1 aliphatic rings. The molecule has 0 amide bonds. The lowest BCUT2D eigenvalue weighted by molar-refractivity contribution is -0.139. The summed E-state index contributed by atoms with van der Waals surface area (Å²) in [5.41, 5.74) is 1.68. The highest BCUT2D eigenvalue weighted by atomic mass is 32.2. The zero-order chi connectivity index (χ0) is 25.3. The zero-order valence-electron chi connectivity index (χ0n) is 19.4. The van der Waals surface area contributed by atoms with E-state index in [0.717, 1.165) is 32.1 Å². The number of carbonyl (C=O) groups is 1. The van der Waals surface area contributed by atoms with Gasteiger partial charge in [-0.15, -0.1) is 15.0 Å². The normalized spacial score (nSPS) is 14.7. The Bertz CT molecular complexity index is 1530. The lowest BCUT2D eigenvalue weighted by atomic mass is 9.83. The Balaban J connectivity index is 1.58. The van der Waals surface area contributed by atoms with E-state index in [2.05, 4.69) is 10.2 Å². The van der Waals surface area contributed by atoms with Gasteiger partial charge in [0.15, 0.2) is 6.61 Å². The lowest BCUT2D eigenvalue weighted by Crippen LogP contribution is -2.12.